The van der Waals surface area contributed by atoms with Crippen LogP contribution in [0.1, 0.15) is 56.8 Å². The third-order valence-corrected chi connectivity index (χ3v) is 3.79. The Balaban J connectivity index is 2.08. The Morgan fingerprint density at radius 2 is 2.10 bits per heavy atom. The van der Waals surface area contributed by atoms with Crippen LogP contribution in [0.2, 0.25) is 0 Å². The number of hydrogen-bond acceptors (Lipinski definition) is 2. The summed E-state index contributed by atoms with van der Waals surface area (Å²) in [6.07, 6.45) is 8.27. The van der Waals surface area contributed by atoms with Crippen LogP contribution in [0.25, 0.3) is 6.08 Å². The molecule has 2 heteroatoms. The highest BCUT2D eigenvalue weighted by atomic mass is 16.5. The summed E-state index contributed by atoms with van der Waals surface area (Å²) in [6.45, 7) is 4.57. The van der Waals surface area contributed by atoms with E-state index in [1.54, 1.807) is 0 Å². The number of aliphatic hydroxyl groups excluding tert-OH is 1. The zero-order valence-corrected chi connectivity index (χ0v) is 12.6. The Bertz CT molecular complexity index is 435. The zero-order chi connectivity index (χ0) is 14.4. The van der Waals surface area contributed by atoms with Gasteiger partial charge in [0.05, 0.1) is 18.8 Å². The van der Waals surface area contributed by atoms with E-state index in [1.165, 1.54) is 24.0 Å². The number of aliphatic hydroxyl groups is 1. The lowest BCUT2D eigenvalue weighted by Crippen LogP contribution is -2.19. The first-order valence-electron chi connectivity index (χ1n) is 7.77. The third-order valence-electron chi connectivity index (χ3n) is 3.79. The van der Waals surface area contributed by atoms with Crippen LogP contribution in [0.3, 0.4) is 0 Å². The number of ether oxygens (including phenoxy) is 1. The first kappa shape index (κ1) is 15.3. The quantitative estimate of drug-likeness (QED) is 0.763. The lowest BCUT2D eigenvalue weighted by Gasteiger charge is -2.22. The van der Waals surface area contributed by atoms with Crippen LogP contribution in [0, 0.1) is 5.92 Å². The van der Waals surface area contributed by atoms with Crippen LogP contribution in [-0.2, 0) is 4.74 Å². The Morgan fingerprint density at radius 1 is 1.35 bits per heavy atom. The first-order valence-corrected chi connectivity index (χ1v) is 7.77. The van der Waals surface area contributed by atoms with Gasteiger partial charge in [0.15, 0.2) is 0 Å². The van der Waals surface area contributed by atoms with E-state index in [4.69, 9.17) is 4.74 Å². The van der Waals surface area contributed by atoms with E-state index in [1.807, 2.05) is 6.92 Å². The molecule has 1 unspecified atom stereocenters. The molecule has 1 N–H and O–H groups in total. The van der Waals surface area contributed by atoms with Gasteiger partial charge in [-0.2, -0.15) is 0 Å². The highest BCUT2D eigenvalue weighted by Gasteiger charge is 2.34. The maximum absolute atomic E-state index is 9.88. The molecule has 20 heavy (non-hydrogen) atoms. The summed E-state index contributed by atoms with van der Waals surface area (Å²) in [5.74, 6) is 0.621. The van der Waals surface area contributed by atoms with Crippen LogP contribution < -0.4 is 0 Å². The molecule has 2 atom stereocenters. The molecule has 0 spiro atoms. The topological polar surface area (TPSA) is 29.5 Å². The van der Waals surface area contributed by atoms with Gasteiger partial charge in [0.1, 0.15) is 0 Å². The van der Waals surface area contributed by atoms with Gasteiger partial charge in [-0.05, 0) is 43.2 Å². The maximum atomic E-state index is 9.88. The summed E-state index contributed by atoms with van der Waals surface area (Å²) in [6, 6.07) is 8.43. The monoisotopic (exact) mass is 274 g/mol. The summed E-state index contributed by atoms with van der Waals surface area (Å²) in [7, 11) is 0. The van der Waals surface area contributed by atoms with E-state index in [9.17, 15) is 5.11 Å². The molecule has 0 saturated heterocycles. The minimum Gasteiger partial charge on any atom is -0.391 e. The second-order valence-corrected chi connectivity index (χ2v) is 5.66. The lowest BCUT2D eigenvalue weighted by molar-refractivity contribution is -0.0227. The van der Waals surface area contributed by atoms with Crippen LogP contribution in [-0.4, -0.2) is 17.8 Å². The number of benzene rings is 1. The minimum atomic E-state index is -0.338. The van der Waals surface area contributed by atoms with E-state index in [0.717, 1.165) is 12.8 Å². The smallest absolute Gasteiger partial charge is 0.0860 e. The van der Waals surface area contributed by atoms with Crippen molar-refractivity contribution < 1.29 is 9.84 Å². The fourth-order valence-electron chi connectivity index (χ4n) is 2.61. The summed E-state index contributed by atoms with van der Waals surface area (Å²) < 4.78 is 6.07. The Labute approximate surface area is 122 Å². The average Bonchev–Trinajstić information content (AvgIpc) is 3.26. The normalized spacial score (nSPS) is 18.4. The molecular weight excluding hydrogens is 248 g/mol. The number of allylic oxidation sites excluding steroid dienone is 1. The summed E-state index contributed by atoms with van der Waals surface area (Å²) in [4.78, 5) is 0. The van der Waals surface area contributed by atoms with E-state index in [-0.39, 0.29) is 12.2 Å². The summed E-state index contributed by atoms with van der Waals surface area (Å²) >= 11 is 0. The molecule has 1 aliphatic carbocycles. The zero-order valence-electron chi connectivity index (χ0n) is 12.6. The van der Waals surface area contributed by atoms with Crippen molar-refractivity contribution in [2.75, 3.05) is 6.61 Å². The highest BCUT2D eigenvalue weighted by molar-refractivity contribution is 5.54. The molecule has 0 aromatic heterocycles. The van der Waals surface area contributed by atoms with Crippen molar-refractivity contribution >= 4 is 6.08 Å². The van der Waals surface area contributed by atoms with Gasteiger partial charge in [-0.15, -0.1) is 0 Å². The molecule has 110 valence electrons. The van der Waals surface area contributed by atoms with Crippen LogP contribution in [0.15, 0.2) is 30.3 Å². The molecule has 2 rings (SSSR count). The van der Waals surface area contributed by atoms with Gasteiger partial charge in [-0.3, -0.25) is 0 Å². The lowest BCUT2D eigenvalue weighted by atomic mass is 9.98. The van der Waals surface area contributed by atoms with Crippen molar-refractivity contribution in [2.24, 2.45) is 5.92 Å². The van der Waals surface area contributed by atoms with Crippen molar-refractivity contribution in [1.29, 1.82) is 0 Å². The standard InChI is InChI=1S/C18H26O2/c1-3-7-14-9-5-6-10-17(14)18(15-11-12-15)20-13-16(19)8-4-2/h3,5-7,9-10,15-16,18-19H,4,8,11-13H2,1-2H3/b7-3+/t16?,18-/m1/s1. The fourth-order valence-corrected chi connectivity index (χ4v) is 2.61. The maximum Gasteiger partial charge on any atom is 0.0860 e. The summed E-state index contributed by atoms with van der Waals surface area (Å²) in [5.41, 5.74) is 2.49. The highest BCUT2D eigenvalue weighted by Crippen LogP contribution is 2.44. The fraction of sp³-hybridized carbons (Fsp3) is 0.556. The first-order chi connectivity index (χ1) is 9.76. The number of rotatable bonds is 8. The van der Waals surface area contributed by atoms with Gasteiger partial charge in [0.25, 0.3) is 0 Å². The van der Waals surface area contributed by atoms with E-state index in [2.05, 4.69) is 43.3 Å². The Hall–Kier alpha value is -1.12. The van der Waals surface area contributed by atoms with Crippen molar-refractivity contribution in [3.8, 4) is 0 Å². The van der Waals surface area contributed by atoms with Gasteiger partial charge in [-0.25, -0.2) is 0 Å². The van der Waals surface area contributed by atoms with Crippen molar-refractivity contribution in [3.05, 3.63) is 41.5 Å². The van der Waals surface area contributed by atoms with Crippen molar-refractivity contribution in [2.45, 2.75) is 51.7 Å². The molecule has 2 nitrogen and oxygen atoms in total. The Morgan fingerprint density at radius 3 is 2.75 bits per heavy atom. The molecule has 1 aromatic rings. The minimum absolute atomic E-state index is 0.133. The largest absolute Gasteiger partial charge is 0.391 e. The molecule has 0 bridgehead atoms. The van der Waals surface area contributed by atoms with Crippen LogP contribution >= 0.6 is 0 Å². The van der Waals surface area contributed by atoms with E-state index < -0.39 is 0 Å². The van der Waals surface area contributed by atoms with Gasteiger partial charge >= 0.3 is 0 Å². The van der Waals surface area contributed by atoms with Crippen LogP contribution in [0.5, 0.6) is 0 Å². The second-order valence-electron chi connectivity index (χ2n) is 5.66. The van der Waals surface area contributed by atoms with Crippen molar-refractivity contribution in [3.63, 3.8) is 0 Å². The van der Waals surface area contributed by atoms with Gasteiger partial charge in [0.2, 0.25) is 0 Å². The predicted octanol–water partition coefficient (Wildman–Crippen LogP) is 4.35. The average molecular weight is 274 g/mol. The molecule has 0 amide bonds. The van der Waals surface area contributed by atoms with Crippen molar-refractivity contribution in [1.82, 2.24) is 0 Å². The Kier molecular flexibility index (Phi) is 5.81. The second kappa shape index (κ2) is 7.61. The molecule has 0 heterocycles. The SMILES string of the molecule is C/C=C/c1ccccc1[C@H](OCC(O)CCC)C1CC1. The summed E-state index contributed by atoms with van der Waals surface area (Å²) in [5, 5.41) is 9.88. The third kappa shape index (κ3) is 4.19. The van der Waals surface area contributed by atoms with Gasteiger partial charge in [0, 0.05) is 0 Å². The molecule has 1 saturated carbocycles. The molecule has 1 fully saturated rings. The molecule has 1 aromatic carbocycles. The predicted molar refractivity (Wildman–Crippen MR) is 83.5 cm³/mol. The van der Waals surface area contributed by atoms with Gasteiger partial charge < -0.3 is 9.84 Å². The molecule has 0 radical (unpaired) electrons. The van der Waals surface area contributed by atoms with Gasteiger partial charge in [-0.1, -0.05) is 49.8 Å². The number of hydrogen-bond donors (Lipinski definition) is 1. The molecule has 1 aliphatic rings. The van der Waals surface area contributed by atoms with Crippen LogP contribution in [0.4, 0.5) is 0 Å². The molecular formula is C18H26O2. The van der Waals surface area contributed by atoms with E-state index in [0.29, 0.717) is 12.5 Å². The van der Waals surface area contributed by atoms with E-state index >= 15 is 0 Å². The molecule has 0 aliphatic heterocycles.